The maximum absolute atomic E-state index is 13.3. The molecule has 0 radical (unpaired) electrons. The predicted molar refractivity (Wildman–Crippen MR) is 141 cm³/mol. The quantitative estimate of drug-likeness (QED) is 0.279. The second-order valence-corrected chi connectivity index (χ2v) is 9.24. The Morgan fingerprint density at radius 3 is 2.30 bits per heavy atom. The summed E-state index contributed by atoms with van der Waals surface area (Å²) in [7, 11) is 0. The number of Topliss-reactive ketones (excluding diaryl/α,β-unsaturated/α-hetero) is 1. The van der Waals surface area contributed by atoms with Gasteiger partial charge in [-0.2, -0.15) is 0 Å². The van der Waals surface area contributed by atoms with Crippen LogP contribution in [0.1, 0.15) is 43.9 Å². The van der Waals surface area contributed by atoms with E-state index in [2.05, 4.69) is 4.90 Å². The lowest BCUT2D eigenvalue weighted by atomic mass is 9.95. The first-order chi connectivity index (χ1) is 18.0. The number of likely N-dealkylation sites (tertiary alicyclic amines) is 1. The van der Waals surface area contributed by atoms with Crippen molar-refractivity contribution in [2.45, 2.75) is 32.7 Å². The van der Waals surface area contributed by atoms with Gasteiger partial charge in [-0.25, -0.2) is 0 Å². The number of aliphatic hydroxyl groups excluding tert-OH is 1. The summed E-state index contributed by atoms with van der Waals surface area (Å²) in [6.45, 7) is 9.04. The lowest BCUT2D eigenvalue weighted by Gasteiger charge is -2.31. The highest BCUT2D eigenvalue weighted by Gasteiger charge is 2.46. The van der Waals surface area contributed by atoms with Crippen molar-refractivity contribution in [3.63, 3.8) is 0 Å². The van der Waals surface area contributed by atoms with Crippen LogP contribution in [0.4, 0.5) is 0 Å². The molecule has 2 fully saturated rings. The summed E-state index contributed by atoms with van der Waals surface area (Å²) in [5, 5.41) is 11.3. The summed E-state index contributed by atoms with van der Waals surface area (Å²) in [4.78, 5) is 30.4. The van der Waals surface area contributed by atoms with Crippen molar-refractivity contribution in [3.05, 3.63) is 65.2 Å². The number of morpholine rings is 1. The number of ketones is 1. The molecule has 2 heterocycles. The average Bonchev–Trinajstić information content (AvgIpc) is 3.19. The molecular weight excluding hydrogens is 472 g/mol. The van der Waals surface area contributed by atoms with E-state index in [-0.39, 0.29) is 11.3 Å². The molecule has 0 aromatic heterocycles. The fraction of sp³-hybridized carbons (Fsp3) is 0.448. The van der Waals surface area contributed by atoms with Gasteiger partial charge in [-0.15, -0.1) is 0 Å². The number of carbonyl (C=O) groups excluding carboxylic acids is 2. The van der Waals surface area contributed by atoms with Gasteiger partial charge in [0.25, 0.3) is 11.7 Å². The third-order valence-electron chi connectivity index (χ3n) is 6.55. The van der Waals surface area contributed by atoms with Crippen LogP contribution in [0.5, 0.6) is 11.5 Å². The van der Waals surface area contributed by atoms with Gasteiger partial charge in [0.15, 0.2) is 0 Å². The monoisotopic (exact) mass is 508 g/mol. The fourth-order valence-electron chi connectivity index (χ4n) is 4.61. The van der Waals surface area contributed by atoms with Gasteiger partial charge >= 0.3 is 0 Å². The molecule has 2 aromatic rings. The second kappa shape index (κ2) is 12.7. The molecule has 8 heteroatoms. The number of benzene rings is 2. The van der Waals surface area contributed by atoms with E-state index < -0.39 is 17.7 Å². The number of hydrogen-bond donors (Lipinski definition) is 1. The van der Waals surface area contributed by atoms with Crippen molar-refractivity contribution >= 4 is 17.4 Å². The van der Waals surface area contributed by atoms with Gasteiger partial charge in [-0.1, -0.05) is 26.0 Å². The molecule has 8 nitrogen and oxygen atoms in total. The van der Waals surface area contributed by atoms with Crippen molar-refractivity contribution in [3.8, 4) is 11.5 Å². The SMILES string of the molecule is CCCOc1ccc(/C(O)=C2\C(=O)C(=O)N(CCN3CCOCC3)C2c2cccc(OCCC)c2)cc1. The van der Waals surface area contributed by atoms with Crippen LogP contribution in [0.3, 0.4) is 0 Å². The number of carbonyl (C=O) groups is 2. The van der Waals surface area contributed by atoms with Gasteiger partial charge in [-0.05, 0) is 54.8 Å². The molecule has 0 aliphatic carbocycles. The lowest BCUT2D eigenvalue weighted by molar-refractivity contribution is -0.140. The van der Waals surface area contributed by atoms with E-state index in [1.807, 2.05) is 38.1 Å². The van der Waals surface area contributed by atoms with E-state index in [0.29, 0.717) is 56.6 Å². The molecule has 0 bridgehead atoms. The van der Waals surface area contributed by atoms with Crippen LogP contribution in [0.15, 0.2) is 54.1 Å². The summed E-state index contributed by atoms with van der Waals surface area (Å²) in [6, 6.07) is 13.6. The zero-order valence-corrected chi connectivity index (χ0v) is 21.7. The van der Waals surface area contributed by atoms with Crippen molar-refractivity contribution in [2.24, 2.45) is 0 Å². The molecule has 1 N–H and O–H groups in total. The Morgan fingerprint density at radius 2 is 1.62 bits per heavy atom. The van der Waals surface area contributed by atoms with Crippen LogP contribution < -0.4 is 9.47 Å². The normalized spacial score (nSPS) is 19.8. The topological polar surface area (TPSA) is 88.5 Å². The molecule has 2 aliphatic heterocycles. The van der Waals surface area contributed by atoms with Crippen LogP contribution in [-0.2, 0) is 14.3 Å². The van der Waals surface area contributed by atoms with Gasteiger partial charge < -0.3 is 24.2 Å². The van der Waals surface area contributed by atoms with Crippen molar-refractivity contribution in [1.29, 1.82) is 0 Å². The van der Waals surface area contributed by atoms with Gasteiger partial charge in [0, 0.05) is 31.7 Å². The largest absolute Gasteiger partial charge is 0.507 e. The van der Waals surface area contributed by atoms with E-state index in [1.54, 1.807) is 29.2 Å². The highest BCUT2D eigenvalue weighted by atomic mass is 16.5. The Bertz CT molecular complexity index is 1110. The zero-order valence-electron chi connectivity index (χ0n) is 21.7. The van der Waals surface area contributed by atoms with Gasteiger partial charge in [0.1, 0.15) is 17.3 Å². The number of rotatable bonds is 11. The standard InChI is InChI=1S/C29H36N2O6/c1-3-16-36-23-10-8-21(9-11-23)27(32)25-26(22-6-5-7-24(20-22)37-17-4-2)31(29(34)28(25)33)13-12-30-14-18-35-19-15-30/h5-11,20,26,32H,3-4,12-19H2,1-2H3/b27-25+. The molecule has 1 atom stereocenters. The van der Waals surface area contributed by atoms with E-state index in [4.69, 9.17) is 14.2 Å². The molecule has 198 valence electrons. The number of ether oxygens (including phenoxy) is 3. The summed E-state index contributed by atoms with van der Waals surface area (Å²) < 4.78 is 16.9. The molecule has 2 aliphatic rings. The first-order valence-corrected chi connectivity index (χ1v) is 13.1. The minimum Gasteiger partial charge on any atom is -0.507 e. The van der Waals surface area contributed by atoms with Gasteiger partial charge in [0.2, 0.25) is 0 Å². The van der Waals surface area contributed by atoms with Crippen LogP contribution in [0, 0.1) is 0 Å². The average molecular weight is 509 g/mol. The van der Waals surface area contributed by atoms with E-state index in [0.717, 1.165) is 31.5 Å². The first-order valence-electron chi connectivity index (χ1n) is 13.1. The Hall–Kier alpha value is -3.36. The van der Waals surface area contributed by atoms with Crippen LogP contribution in [0.2, 0.25) is 0 Å². The van der Waals surface area contributed by atoms with Gasteiger partial charge in [-0.3, -0.25) is 14.5 Å². The zero-order chi connectivity index (χ0) is 26.2. The first kappa shape index (κ1) is 26.7. The van der Waals surface area contributed by atoms with E-state index >= 15 is 0 Å². The Kier molecular flexibility index (Phi) is 9.19. The van der Waals surface area contributed by atoms with Crippen molar-refractivity contribution < 1.29 is 28.9 Å². The van der Waals surface area contributed by atoms with E-state index in [1.165, 1.54) is 0 Å². The van der Waals surface area contributed by atoms with Gasteiger partial charge in [0.05, 0.1) is 38.0 Å². The second-order valence-electron chi connectivity index (χ2n) is 9.24. The van der Waals surface area contributed by atoms with Crippen molar-refractivity contribution in [1.82, 2.24) is 9.80 Å². The summed E-state index contributed by atoms with van der Waals surface area (Å²) in [6.07, 6.45) is 1.75. The Labute approximate surface area is 218 Å². The van der Waals surface area contributed by atoms with Crippen LogP contribution in [-0.4, -0.2) is 79.2 Å². The fourth-order valence-corrected chi connectivity index (χ4v) is 4.61. The highest BCUT2D eigenvalue weighted by molar-refractivity contribution is 6.46. The highest BCUT2D eigenvalue weighted by Crippen LogP contribution is 2.40. The predicted octanol–water partition coefficient (Wildman–Crippen LogP) is 4.02. The number of hydrogen-bond acceptors (Lipinski definition) is 7. The summed E-state index contributed by atoms with van der Waals surface area (Å²) in [5.41, 5.74) is 1.26. The third kappa shape index (κ3) is 6.32. The van der Waals surface area contributed by atoms with Crippen LogP contribution in [0.25, 0.3) is 5.76 Å². The Balaban J connectivity index is 1.69. The molecule has 0 spiro atoms. The lowest BCUT2D eigenvalue weighted by Crippen LogP contribution is -2.42. The minimum atomic E-state index is -0.720. The van der Waals surface area contributed by atoms with Crippen molar-refractivity contribution in [2.75, 3.05) is 52.6 Å². The van der Waals surface area contributed by atoms with Crippen LogP contribution >= 0.6 is 0 Å². The summed E-state index contributed by atoms with van der Waals surface area (Å²) >= 11 is 0. The molecule has 2 aromatic carbocycles. The molecule has 1 unspecified atom stereocenters. The maximum atomic E-state index is 13.3. The number of aliphatic hydroxyl groups is 1. The molecule has 37 heavy (non-hydrogen) atoms. The molecular formula is C29H36N2O6. The minimum absolute atomic E-state index is 0.0850. The third-order valence-corrected chi connectivity index (χ3v) is 6.55. The smallest absolute Gasteiger partial charge is 0.295 e. The van der Waals surface area contributed by atoms with E-state index in [9.17, 15) is 14.7 Å². The maximum Gasteiger partial charge on any atom is 0.295 e. The molecule has 2 saturated heterocycles. The molecule has 0 saturated carbocycles. The molecule has 4 rings (SSSR count). The summed E-state index contributed by atoms with van der Waals surface area (Å²) in [5.74, 6) is -0.144. The molecule has 1 amide bonds. The Morgan fingerprint density at radius 1 is 0.946 bits per heavy atom. The number of amides is 1. The number of nitrogens with zero attached hydrogens (tertiary/aromatic N) is 2.